The predicted octanol–water partition coefficient (Wildman–Crippen LogP) is 2.32. The topological polar surface area (TPSA) is 54.5 Å². The monoisotopic (exact) mass is 226 g/mol. The molecule has 0 atom stereocenters. The zero-order valence-corrected chi connectivity index (χ0v) is 10.2. The van der Waals surface area contributed by atoms with Gasteiger partial charge >= 0.3 is 0 Å². The zero-order valence-electron chi connectivity index (χ0n) is 10.2. The second kappa shape index (κ2) is 4.38. The summed E-state index contributed by atoms with van der Waals surface area (Å²) in [5.74, 6) is 0. The van der Waals surface area contributed by atoms with E-state index >= 15 is 0 Å². The fourth-order valence-electron chi connectivity index (χ4n) is 1.77. The summed E-state index contributed by atoms with van der Waals surface area (Å²) in [6.07, 6.45) is 0.739. The summed E-state index contributed by atoms with van der Waals surface area (Å²) in [4.78, 5) is 0. The van der Waals surface area contributed by atoms with E-state index in [4.69, 9.17) is 5.26 Å². The summed E-state index contributed by atoms with van der Waals surface area (Å²) in [5, 5.41) is 16.9. The molecule has 0 amide bonds. The van der Waals surface area contributed by atoms with Gasteiger partial charge in [-0.05, 0) is 43.5 Å². The molecule has 0 spiro atoms. The van der Waals surface area contributed by atoms with Gasteiger partial charge in [-0.15, -0.1) is 5.10 Å². The summed E-state index contributed by atoms with van der Waals surface area (Å²) in [6.45, 7) is 6.13. The van der Waals surface area contributed by atoms with Gasteiger partial charge in [0.05, 0.1) is 11.4 Å². The lowest BCUT2D eigenvalue weighted by atomic mass is 10.1. The highest BCUT2D eigenvalue weighted by Gasteiger charge is 2.12. The van der Waals surface area contributed by atoms with E-state index in [1.165, 1.54) is 11.1 Å². The lowest BCUT2D eigenvalue weighted by molar-refractivity contribution is 0.766. The first-order chi connectivity index (χ1) is 8.17. The van der Waals surface area contributed by atoms with Gasteiger partial charge in [-0.3, -0.25) is 0 Å². The van der Waals surface area contributed by atoms with Crippen molar-refractivity contribution in [2.75, 3.05) is 0 Å². The molecular weight excluding hydrogens is 212 g/mol. The third-order valence-electron chi connectivity index (χ3n) is 2.94. The molecule has 0 fully saturated rings. The highest BCUT2D eigenvalue weighted by molar-refractivity contribution is 5.41. The Bertz CT molecular complexity index is 590. The van der Waals surface area contributed by atoms with Crippen LogP contribution < -0.4 is 0 Å². The smallest absolute Gasteiger partial charge is 0.186 e. The number of hydrogen-bond acceptors (Lipinski definition) is 3. The maximum Gasteiger partial charge on any atom is 0.186 e. The SMILES string of the molecule is CCc1c(C#N)nnn1-c1ccc(C)c(C)c1. The van der Waals surface area contributed by atoms with Crippen LogP contribution in [-0.4, -0.2) is 15.0 Å². The standard InChI is InChI=1S/C13H14N4/c1-4-13-12(8-14)15-16-17(13)11-6-5-9(2)10(3)7-11/h5-7H,4H2,1-3H3. The van der Waals surface area contributed by atoms with Crippen LogP contribution in [0.2, 0.25) is 0 Å². The minimum Gasteiger partial charge on any atom is -0.216 e. The second-order valence-corrected chi connectivity index (χ2v) is 4.03. The first-order valence-electron chi connectivity index (χ1n) is 5.59. The minimum absolute atomic E-state index is 0.408. The Kier molecular flexibility index (Phi) is 2.92. The van der Waals surface area contributed by atoms with Crippen LogP contribution in [0.15, 0.2) is 18.2 Å². The number of hydrogen-bond donors (Lipinski definition) is 0. The van der Waals surface area contributed by atoms with Crippen LogP contribution in [0.3, 0.4) is 0 Å². The fraction of sp³-hybridized carbons (Fsp3) is 0.308. The van der Waals surface area contributed by atoms with Crippen molar-refractivity contribution in [2.45, 2.75) is 27.2 Å². The van der Waals surface area contributed by atoms with Crippen LogP contribution in [0.25, 0.3) is 5.69 Å². The van der Waals surface area contributed by atoms with Crippen LogP contribution in [0.5, 0.6) is 0 Å². The molecule has 1 aromatic carbocycles. The van der Waals surface area contributed by atoms with Crippen molar-refractivity contribution in [3.63, 3.8) is 0 Å². The lowest BCUT2D eigenvalue weighted by Gasteiger charge is -2.07. The molecule has 0 saturated heterocycles. The molecule has 0 unspecified atom stereocenters. The van der Waals surface area contributed by atoms with E-state index < -0.39 is 0 Å². The Morgan fingerprint density at radius 3 is 2.65 bits per heavy atom. The van der Waals surface area contributed by atoms with Gasteiger partial charge in [-0.25, -0.2) is 4.68 Å². The van der Waals surface area contributed by atoms with Crippen molar-refractivity contribution >= 4 is 0 Å². The van der Waals surface area contributed by atoms with Gasteiger partial charge in [0.2, 0.25) is 0 Å². The molecule has 4 nitrogen and oxygen atoms in total. The molecule has 1 heterocycles. The van der Waals surface area contributed by atoms with Crippen LogP contribution in [-0.2, 0) is 6.42 Å². The lowest BCUT2D eigenvalue weighted by Crippen LogP contribution is -2.02. The van der Waals surface area contributed by atoms with E-state index in [0.29, 0.717) is 5.69 Å². The third-order valence-corrected chi connectivity index (χ3v) is 2.94. The summed E-state index contributed by atoms with van der Waals surface area (Å²) >= 11 is 0. The predicted molar refractivity (Wildman–Crippen MR) is 64.9 cm³/mol. The number of benzene rings is 1. The minimum atomic E-state index is 0.408. The van der Waals surface area contributed by atoms with Crippen LogP contribution in [0.1, 0.15) is 29.4 Å². The molecule has 2 rings (SSSR count). The van der Waals surface area contributed by atoms with E-state index in [-0.39, 0.29) is 0 Å². The average Bonchev–Trinajstić information content (AvgIpc) is 2.75. The highest BCUT2D eigenvalue weighted by atomic mass is 15.4. The molecular formula is C13H14N4. The first kappa shape index (κ1) is 11.3. The van der Waals surface area contributed by atoms with Crippen molar-refractivity contribution in [2.24, 2.45) is 0 Å². The molecule has 0 saturated carbocycles. The van der Waals surface area contributed by atoms with Gasteiger partial charge in [-0.2, -0.15) is 5.26 Å². The van der Waals surface area contributed by atoms with Crippen LogP contribution >= 0.6 is 0 Å². The highest BCUT2D eigenvalue weighted by Crippen LogP contribution is 2.16. The quantitative estimate of drug-likeness (QED) is 0.789. The van der Waals surface area contributed by atoms with Crippen molar-refractivity contribution < 1.29 is 0 Å². The number of nitriles is 1. The first-order valence-corrected chi connectivity index (χ1v) is 5.59. The Balaban J connectivity index is 2.57. The zero-order chi connectivity index (χ0) is 12.4. The van der Waals surface area contributed by atoms with Crippen molar-refractivity contribution in [3.8, 4) is 11.8 Å². The Morgan fingerprint density at radius 1 is 1.29 bits per heavy atom. The number of nitrogens with zero attached hydrogens (tertiary/aromatic N) is 4. The van der Waals surface area contributed by atoms with Crippen LogP contribution in [0, 0.1) is 25.2 Å². The molecule has 0 aliphatic rings. The molecule has 4 heteroatoms. The van der Waals surface area contributed by atoms with Crippen LogP contribution in [0.4, 0.5) is 0 Å². The van der Waals surface area contributed by atoms with Crippen molar-refractivity contribution in [3.05, 3.63) is 40.7 Å². The van der Waals surface area contributed by atoms with Crippen molar-refractivity contribution in [1.29, 1.82) is 5.26 Å². The van der Waals surface area contributed by atoms with Crippen molar-refractivity contribution in [1.82, 2.24) is 15.0 Å². The summed E-state index contributed by atoms with van der Waals surface area (Å²) in [5.41, 5.74) is 4.67. The molecule has 17 heavy (non-hydrogen) atoms. The number of aryl methyl sites for hydroxylation is 2. The molecule has 2 aromatic rings. The average molecular weight is 226 g/mol. The van der Waals surface area contributed by atoms with E-state index in [0.717, 1.165) is 17.8 Å². The number of rotatable bonds is 2. The van der Waals surface area contributed by atoms with Gasteiger partial charge in [0.15, 0.2) is 5.69 Å². The fourth-order valence-corrected chi connectivity index (χ4v) is 1.77. The second-order valence-electron chi connectivity index (χ2n) is 4.03. The summed E-state index contributed by atoms with van der Waals surface area (Å²) < 4.78 is 1.74. The van der Waals surface area contributed by atoms with E-state index in [9.17, 15) is 0 Å². The number of aromatic nitrogens is 3. The molecule has 0 aliphatic heterocycles. The van der Waals surface area contributed by atoms with E-state index in [2.05, 4.69) is 42.4 Å². The summed E-state index contributed by atoms with van der Waals surface area (Å²) in [6, 6.07) is 8.18. The maximum absolute atomic E-state index is 8.94. The molecule has 0 radical (unpaired) electrons. The van der Waals surface area contributed by atoms with E-state index in [1.807, 2.05) is 13.0 Å². The van der Waals surface area contributed by atoms with Gasteiger partial charge in [0.25, 0.3) is 0 Å². The van der Waals surface area contributed by atoms with Gasteiger partial charge in [0.1, 0.15) is 6.07 Å². The maximum atomic E-state index is 8.94. The largest absolute Gasteiger partial charge is 0.216 e. The Morgan fingerprint density at radius 2 is 2.06 bits per heavy atom. The molecule has 1 aromatic heterocycles. The normalized spacial score (nSPS) is 10.2. The van der Waals surface area contributed by atoms with Gasteiger partial charge in [0, 0.05) is 0 Å². The molecule has 0 aliphatic carbocycles. The van der Waals surface area contributed by atoms with Gasteiger partial charge in [-0.1, -0.05) is 18.2 Å². The molecule has 86 valence electrons. The molecule has 0 bridgehead atoms. The summed E-state index contributed by atoms with van der Waals surface area (Å²) in [7, 11) is 0. The Hall–Kier alpha value is -2.15. The third kappa shape index (κ3) is 1.92. The Labute approximate surface area is 101 Å². The molecule has 0 N–H and O–H groups in total. The van der Waals surface area contributed by atoms with E-state index in [1.54, 1.807) is 4.68 Å². The van der Waals surface area contributed by atoms with Gasteiger partial charge < -0.3 is 0 Å².